The van der Waals surface area contributed by atoms with E-state index in [2.05, 4.69) is 27.9 Å². The largest absolute Gasteiger partial charge is 0.321 e. The minimum Gasteiger partial charge on any atom is -0.321 e. The predicted octanol–water partition coefficient (Wildman–Crippen LogP) is 4.03. The Kier molecular flexibility index (Phi) is 5.99. The first kappa shape index (κ1) is 19.3. The second-order valence-electron chi connectivity index (χ2n) is 6.38. The summed E-state index contributed by atoms with van der Waals surface area (Å²) in [7, 11) is -3.56. The lowest BCUT2D eigenvalue weighted by molar-refractivity contribution is 0.102. The Balaban J connectivity index is 1.90. The Hall–Kier alpha value is -1.45. The molecular formula is C19H21IN2O3S. The van der Waals surface area contributed by atoms with Gasteiger partial charge in [0.25, 0.3) is 5.91 Å². The van der Waals surface area contributed by atoms with E-state index in [1.54, 1.807) is 12.1 Å². The maximum absolute atomic E-state index is 12.9. The monoisotopic (exact) mass is 484 g/mol. The van der Waals surface area contributed by atoms with Crippen molar-refractivity contribution in [1.82, 2.24) is 4.31 Å². The smallest absolute Gasteiger partial charge is 0.256 e. The molecule has 1 aliphatic heterocycles. The molecule has 0 atom stereocenters. The Labute approximate surface area is 168 Å². The van der Waals surface area contributed by atoms with E-state index in [1.165, 1.54) is 10.4 Å². The summed E-state index contributed by atoms with van der Waals surface area (Å²) in [6.45, 7) is 2.89. The van der Waals surface area contributed by atoms with Crippen molar-refractivity contribution in [3.05, 3.63) is 57.2 Å². The number of sulfonamides is 1. The van der Waals surface area contributed by atoms with E-state index < -0.39 is 10.0 Å². The molecule has 2 aromatic rings. The molecule has 138 valence electrons. The molecule has 1 N–H and O–H groups in total. The first-order chi connectivity index (χ1) is 12.4. The number of nitrogens with one attached hydrogen (secondary N) is 1. The van der Waals surface area contributed by atoms with Gasteiger partial charge in [-0.2, -0.15) is 4.31 Å². The molecule has 1 amide bonds. The van der Waals surface area contributed by atoms with Gasteiger partial charge >= 0.3 is 0 Å². The molecule has 0 aliphatic carbocycles. The van der Waals surface area contributed by atoms with Gasteiger partial charge in [-0.1, -0.05) is 24.6 Å². The molecule has 0 saturated carbocycles. The number of hydrogen-bond acceptors (Lipinski definition) is 3. The van der Waals surface area contributed by atoms with Crippen LogP contribution in [0.5, 0.6) is 0 Å². The van der Waals surface area contributed by atoms with Crippen molar-refractivity contribution in [1.29, 1.82) is 0 Å². The van der Waals surface area contributed by atoms with Crippen LogP contribution in [0, 0.1) is 10.5 Å². The van der Waals surface area contributed by atoms with Gasteiger partial charge in [-0.15, -0.1) is 0 Å². The number of nitrogens with zero attached hydrogens (tertiary/aromatic N) is 1. The maximum Gasteiger partial charge on any atom is 0.256 e. The fraction of sp³-hybridized carbons (Fsp3) is 0.316. The molecule has 0 bridgehead atoms. The first-order valence-corrected chi connectivity index (χ1v) is 11.1. The summed E-state index contributed by atoms with van der Waals surface area (Å²) in [5, 5.41) is 2.87. The second-order valence-corrected chi connectivity index (χ2v) is 9.48. The third kappa shape index (κ3) is 4.10. The highest BCUT2D eigenvalue weighted by molar-refractivity contribution is 14.1. The van der Waals surface area contributed by atoms with Gasteiger partial charge in [-0.25, -0.2) is 8.42 Å². The molecule has 1 aliphatic rings. The SMILES string of the molecule is Cc1ccc(S(=O)(=O)N2CCCCC2)cc1C(=O)Nc1ccccc1I. The van der Waals surface area contributed by atoms with E-state index >= 15 is 0 Å². The first-order valence-electron chi connectivity index (χ1n) is 8.56. The van der Waals surface area contributed by atoms with E-state index in [0.717, 1.165) is 28.4 Å². The number of anilines is 1. The van der Waals surface area contributed by atoms with Crippen molar-refractivity contribution >= 4 is 44.2 Å². The van der Waals surface area contributed by atoms with Gasteiger partial charge in [-0.3, -0.25) is 4.79 Å². The Morgan fingerprint density at radius 2 is 1.77 bits per heavy atom. The van der Waals surface area contributed by atoms with Gasteiger partial charge in [-0.05, 0) is 72.2 Å². The fourth-order valence-electron chi connectivity index (χ4n) is 3.01. The zero-order chi connectivity index (χ0) is 18.7. The molecule has 0 spiro atoms. The van der Waals surface area contributed by atoms with Crippen LogP contribution in [-0.2, 0) is 10.0 Å². The number of amides is 1. The molecule has 1 heterocycles. The van der Waals surface area contributed by atoms with Crippen molar-refractivity contribution in [3.8, 4) is 0 Å². The van der Waals surface area contributed by atoms with Crippen LogP contribution in [0.25, 0.3) is 0 Å². The van der Waals surface area contributed by atoms with Crippen molar-refractivity contribution in [2.45, 2.75) is 31.1 Å². The fourth-order valence-corrected chi connectivity index (χ4v) is 5.08. The van der Waals surface area contributed by atoms with Crippen LogP contribution in [0.2, 0.25) is 0 Å². The number of para-hydroxylation sites is 1. The standard InChI is InChI=1S/C19H21IN2O3S/c1-14-9-10-15(26(24,25)22-11-5-2-6-12-22)13-16(14)19(23)21-18-8-4-3-7-17(18)20/h3-4,7-10,13H,2,5-6,11-12H2,1H3,(H,21,23). The summed E-state index contributed by atoms with van der Waals surface area (Å²) in [5.74, 6) is -0.303. The molecule has 5 nitrogen and oxygen atoms in total. The molecule has 1 saturated heterocycles. The van der Waals surface area contributed by atoms with Crippen LogP contribution in [0.15, 0.2) is 47.4 Å². The number of carbonyl (C=O) groups excluding carboxylic acids is 1. The van der Waals surface area contributed by atoms with Crippen molar-refractivity contribution < 1.29 is 13.2 Å². The average Bonchev–Trinajstić information content (AvgIpc) is 2.64. The molecule has 0 unspecified atom stereocenters. The highest BCUT2D eigenvalue weighted by Crippen LogP contribution is 2.24. The molecule has 26 heavy (non-hydrogen) atoms. The lowest BCUT2D eigenvalue weighted by atomic mass is 10.1. The van der Waals surface area contributed by atoms with E-state index in [-0.39, 0.29) is 10.8 Å². The summed E-state index contributed by atoms with van der Waals surface area (Å²) in [6, 6.07) is 12.2. The van der Waals surface area contributed by atoms with Crippen LogP contribution in [0.3, 0.4) is 0 Å². The maximum atomic E-state index is 12.9. The quantitative estimate of drug-likeness (QED) is 0.667. The molecule has 3 rings (SSSR count). The van der Waals surface area contributed by atoms with Gasteiger partial charge in [0, 0.05) is 22.2 Å². The van der Waals surface area contributed by atoms with Gasteiger partial charge in [0.2, 0.25) is 10.0 Å². The summed E-state index contributed by atoms with van der Waals surface area (Å²) < 4.78 is 28.2. The van der Waals surface area contributed by atoms with Crippen LogP contribution < -0.4 is 5.32 Å². The van der Waals surface area contributed by atoms with Gasteiger partial charge in [0.05, 0.1) is 10.6 Å². The third-order valence-electron chi connectivity index (χ3n) is 4.53. The van der Waals surface area contributed by atoms with Gasteiger partial charge in [0.15, 0.2) is 0 Å². The number of hydrogen-bond donors (Lipinski definition) is 1. The normalized spacial score (nSPS) is 15.6. The van der Waals surface area contributed by atoms with Crippen molar-refractivity contribution in [2.75, 3.05) is 18.4 Å². The molecule has 0 aromatic heterocycles. The molecule has 0 radical (unpaired) electrons. The van der Waals surface area contributed by atoms with Crippen molar-refractivity contribution in [2.24, 2.45) is 0 Å². The van der Waals surface area contributed by atoms with Crippen LogP contribution in [-0.4, -0.2) is 31.7 Å². The lowest BCUT2D eigenvalue weighted by Crippen LogP contribution is -2.35. The summed E-state index contributed by atoms with van der Waals surface area (Å²) in [5.41, 5.74) is 1.83. The Morgan fingerprint density at radius 1 is 1.08 bits per heavy atom. The molecular weight excluding hydrogens is 463 g/mol. The Bertz CT molecular complexity index is 922. The average molecular weight is 484 g/mol. The van der Waals surface area contributed by atoms with Crippen molar-refractivity contribution in [3.63, 3.8) is 0 Å². The molecule has 2 aromatic carbocycles. The highest BCUT2D eigenvalue weighted by atomic mass is 127. The number of benzene rings is 2. The van der Waals surface area contributed by atoms with E-state index in [4.69, 9.17) is 0 Å². The Morgan fingerprint density at radius 3 is 2.46 bits per heavy atom. The molecule has 7 heteroatoms. The number of piperidine rings is 1. The topological polar surface area (TPSA) is 66.5 Å². The summed E-state index contributed by atoms with van der Waals surface area (Å²) >= 11 is 2.15. The van der Waals surface area contributed by atoms with E-state index in [9.17, 15) is 13.2 Å². The highest BCUT2D eigenvalue weighted by Gasteiger charge is 2.27. The number of carbonyl (C=O) groups is 1. The third-order valence-corrected chi connectivity index (χ3v) is 7.36. The number of aryl methyl sites for hydroxylation is 1. The zero-order valence-corrected chi connectivity index (χ0v) is 17.5. The predicted molar refractivity (Wildman–Crippen MR) is 111 cm³/mol. The summed E-state index contributed by atoms with van der Waals surface area (Å²) in [6.07, 6.45) is 2.82. The summed E-state index contributed by atoms with van der Waals surface area (Å²) in [4.78, 5) is 12.9. The zero-order valence-electron chi connectivity index (χ0n) is 14.5. The van der Waals surface area contributed by atoms with Crippen LogP contribution >= 0.6 is 22.6 Å². The number of rotatable bonds is 4. The second kappa shape index (κ2) is 8.06. The molecule has 1 fully saturated rings. The van der Waals surface area contributed by atoms with Gasteiger partial charge in [0.1, 0.15) is 0 Å². The van der Waals surface area contributed by atoms with Crippen LogP contribution in [0.4, 0.5) is 5.69 Å². The van der Waals surface area contributed by atoms with Gasteiger partial charge < -0.3 is 5.32 Å². The number of halogens is 1. The van der Waals surface area contributed by atoms with E-state index in [1.807, 2.05) is 31.2 Å². The lowest BCUT2D eigenvalue weighted by Gasteiger charge is -2.26. The van der Waals surface area contributed by atoms with E-state index in [0.29, 0.717) is 24.3 Å². The van der Waals surface area contributed by atoms with Crippen LogP contribution in [0.1, 0.15) is 35.2 Å². The minimum absolute atomic E-state index is 0.179. The minimum atomic E-state index is -3.56.